The molecule has 25 heavy (non-hydrogen) atoms. The molecule has 0 spiro atoms. The third-order valence-electron chi connectivity index (χ3n) is 4.91. The minimum atomic E-state index is -0.00130. The second-order valence-electron chi connectivity index (χ2n) is 6.52. The van der Waals surface area contributed by atoms with E-state index >= 15 is 0 Å². The SMILES string of the molecule is CCOc1cc(C#N)ccc1OCC(=O)N1CCN2CCCC[C@H]2C1. The normalized spacial score (nSPS) is 20.5. The summed E-state index contributed by atoms with van der Waals surface area (Å²) in [5, 5.41) is 8.99. The van der Waals surface area contributed by atoms with Gasteiger partial charge in [0.25, 0.3) is 5.91 Å². The van der Waals surface area contributed by atoms with Crippen molar-refractivity contribution in [2.24, 2.45) is 0 Å². The predicted molar refractivity (Wildman–Crippen MR) is 93.6 cm³/mol. The zero-order chi connectivity index (χ0) is 17.6. The predicted octanol–water partition coefficient (Wildman–Crippen LogP) is 2.03. The number of fused-ring (bicyclic) bond motifs is 1. The van der Waals surface area contributed by atoms with Gasteiger partial charge in [0.05, 0.1) is 18.2 Å². The first-order chi connectivity index (χ1) is 12.2. The highest BCUT2D eigenvalue weighted by atomic mass is 16.5. The van der Waals surface area contributed by atoms with Crippen LogP contribution in [0.15, 0.2) is 18.2 Å². The molecule has 3 rings (SSSR count). The highest BCUT2D eigenvalue weighted by Crippen LogP contribution is 2.28. The molecule has 1 atom stereocenters. The van der Waals surface area contributed by atoms with E-state index in [4.69, 9.17) is 14.7 Å². The molecule has 2 heterocycles. The van der Waals surface area contributed by atoms with Crippen molar-refractivity contribution in [1.29, 1.82) is 5.26 Å². The third-order valence-corrected chi connectivity index (χ3v) is 4.91. The average Bonchev–Trinajstić information content (AvgIpc) is 2.66. The first kappa shape index (κ1) is 17.6. The molecule has 1 aromatic rings. The molecule has 0 unspecified atom stereocenters. The van der Waals surface area contributed by atoms with Crippen molar-refractivity contribution in [3.8, 4) is 17.6 Å². The fraction of sp³-hybridized carbons (Fsp3) is 0.579. The van der Waals surface area contributed by atoms with E-state index in [9.17, 15) is 4.79 Å². The highest BCUT2D eigenvalue weighted by Gasteiger charge is 2.31. The topological polar surface area (TPSA) is 65.8 Å². The van der Waals surface area contributed by atoms with E-state index in [0.717, 1.165) is 26.2 Å². The van der Waals surface area contributed by atoms with E-state index in [-0.39, 0.29) is 12.5 Å². The first-order valence-electron chi connectivity index (χ1n) is 9.03. The molecule has 134 valence electrons. The van der Waals surface area contributed by atoms with Gasteiger partial charge in [0, 0.05) is 31.7 Å². The number of benzene rings is 1. The summed E-state index contributed by atoms with van der Waals surface area (Å²) in [5.41, 5.74) is 0.510. The number of piperidine rings is 1. The maximum Gasteiger partial charge on any atom is 0.260 e. The standard InChI is InChI=1S/C19H25N3O3/c1-2-24-18-11-15(12-20)6-7-17(18)25-14-19(23)22-10-9-21-8-4-3-5-16(21)13-22/h6-7,11,16H,2-5,8-10,13-14H2,1H3/t16-/m0/s1. The van der Waals surface area contributed by atoms with Crippen LogP contribution < -0.4 is 9.47 Å². The fourth-order valence-electron chi connectivity index (χ4n) is 3.58. The van der Waals surface area contributed by atoms with E-state index < -0.39 is 0 Å². The molecule has 0 bridgehead atoms. The number of hydrogen-bond donors (Lipinski definition) is 0. The zero-order valence-electron chi connectivity index (χ0n) is 14.7. The van der Waals surface area contributed by atoms with Crippen molar-refractivity contribution in [2.75, 3.05) is 39.4 Å². The molecule has 2 aliphatic heterocycles. The van der Waals surface area contributed by atoms with Gasteiger partial charge in [0.15, 0.2) is 18.1 Å². The monoisotopic (exact) mass is 343 g/mol. The van der Waals surface area contributed by atoms with Gasteiger partial charge in [-0.15, -0.1) is 0 Å². The third kappa shape index (κ3) is 4.23. The van der Waals surface area contributed by atoms with E-state index in [2.05, 4.69) is 11.0 Å². The van der Waals surface area contributed by atoms with Crippen LogP contribution in [0.25, 0.3) is 0 Å². The highest BCUT2D eigenvalue weighted by molar-refractivity contribution is 5.78. The van der Waals surface area contributed by atoms with Gasteiger partial charge in [-0.05, 0) is 38.4 Å². The molecule has 2 fully saturated rings. The average molecular weight is 343 g/mol. The molecule has 0 saturated carbocycles. The number of rotatable bonds is 5. The van der Waals surface area contributed by atoms with Gasteiger partial charge in [-0.3, -0.25) is 9.69 Å². The molecule has 0 aliphatic carbocycles. The molecule has 2 aliphatic rings. The fourth-order valence-corrected chi connectivity index (χ4v) is 3.58. The quantitative estimate of drug-likeness (QED) is 0.818. The van der Waals surface area contributed by atoms with Crippen molar-refractivity contribution < 1.29 is 14.3 Å². The van der Waals surface area contributed by atoms with Gasteiger partial charge < -0.3 is 14.4 Å². The van der Waals surface area contributed by atoms with Crippen LogP contribution in [0.1, 0.15) is 31.7 Å². The van der Waals surface area contributed by atoms with Gasteiger partial charge in [-0.2, -0.15) is 5.26 Å². The van der Waals surface area contributed by atoms with Crippen LogP contribution in [0.2, 0.25) is 0 Å². The Morgan fingerprint density at radius 1 is 1.24 bits per heavy atom. The van der Waals surface area contributed by atoms with E-state index in [1.54, 1.807) is 18.2 Å². The smallest absolute Gasteiger partial charge is 0.260 e. The van der Waals surface area contributed by atoms with Crippen LogP contribution in [-0.4, -0.2) is 61.1 Å². The number of amides is 1. The van der Waals surface area contributed by atoms with Gasteiger partial charge in [0.2, 0.25) is 0 Å². The molecule has 2 saturated heterocycles. The van der Waals surface area contributed by atoms with Crippen molar-refractivity contribution in [3.05, 3.63) is 23.8 Å². The molecule has 0 aromatic heterocycles. The lowest BCUT2D eigenvalue weighted by Crippen LogP contribution is -2.56. The lowest BCUT2D eigenvalue weighted by Gasteiger charge is -2.43. The number of ether oxygens (including phenoxy) is 2. The number of hydrogen-bond acceptors (Lipinski definition) is 5. The van der Waals surface area contributed by atoms with Crippen molar-refractivity contribution in [3.63, 3.8) is 0 Å². The number of nitriles is 1. The van der Waals surface area contributed by atoms with E-state index in [1.165, 1.54) is 19.3 Å². The molecular weight excluding hydrogens is 318 g/mol. The number of carbonyl (C=O) groups is 1. The lowest BCUT2D eigenvalue weighted by atomic mass is 9.99. The summed E-state index contributed by atoms with van der Waals surface area (Å²) < 4.78 is 11.2. The maximum absolute atomic E-state index is 12.5. The molecule has 6 nitrogen and oxygen atoms in total. The molecule has 1 aromatic carbocycles. The van der Waals surface area contributed by atoms with Crippen molar-refractivity contribution in [2.45, 2.75) is 32.2 Å². The summed E-state index contributed by atoms with van der Waals surface area (Å²) >= 11 is 0. The van der Waals surface area contributed by atoms with Crippen LogP contribution in [-0.2, 0) is 4.79 Å². The summed E-state index contributed by atoms with van der Waals surface area (Å²) in [5.74, 6) is 1.02. The van der Waals surface area contributed by atoms with Gasteiger partial charge in [-0.1, -0.05) is 6.42 Å². The molecule has 1 amide bonds. The minimum absolute atomic E-state index is 0.00130. The Balaban J connectivity index is 1.58. The van der Waals surface area contributed by atoms with Crippen LogP contribution in [0.4, 0.5) is 0 Å². The Labute approximate surface area is 148 Å². The minimum Gasteiger partial charge on any atom is -0.490 e. The van der Waals surface area contributed by atoms with Gasteiger partial charge in [-0.25, -0.2) is 0 Å². The molecular formula is C19H25N3O3. The van der Waals surface area contributed by atoms with Crippen LogP contribution in [0.5, 0.6) is 11.5 Å². The van der Waals surface area contributed by atoms with E-state index in [0.29, 0.717) is 29.7 Å². The Morgan fingerprint density at radius 2 is 2.12 bits per heavy atom. The summed E-state index contributed by atoms with van der Waals surface area (Å²) in [6, 6.07) is 7.58. The Morgan fingerprint density at radius 3 is 2.92 bits per heavy atom. The van der Waals surface area contributed by atoms with Gasteiger partial charge >= 0.3 is 0 Å². The van der Waals surface area contributed by atoms with Gasteiger partial charge in [0.1, 0.15) is 0 Å². The van der Waals surface area contributed by atoms with E-state index in [1.807, 2.05) is 11.8 Å². The lowest BCUT2D eigenvalue weighted by molar-refractivity contribution is -0.136. The summed E-state index contributed by atoms with van der Waals surface area (Å²) in [4.78, 5) is 16.9. The van der Waals surface area contributed by atoms with Crippen molar-refractivity contribution in [1.82, 2.24) is 9.80 Å². The molecule has 0 radical (unpaired) electrons. The number of carbonyl (C=O) groups excluding carboxylic acids is 1. The molecule has 0 N–H and O–H groups in total. The molecule has 6 heteroatoms. The van der Waals surface area contributed by atoms with Crippen LogP contribution in [0.3, 0.4) is 0 Å². The maximum atomic E-state index is 12.5. The Bertz CT molecular complexity index is 656. The Hall–Kier alpha value is -2.26. The summed E-state index contributed by atoms with van der Waals surface area (Å²) in [7, 11) is 0. The Kier molecular flexibility index (Phi) is 5.77. The van der Waals surface area contributed by atoms with Crippen LogP contribution >= 0.6 is 0 Å². The van der Waals surface area contributed by atoms with Crippen LogP contribution in [0, 0.1) is 11.3 Å². The summed E-state index contributed by atoms with van der Waals surface area (Å²) in [6.07, 6.45) is 3.70. The number of piperazine rings is 1. The zero-order valence-corrected chi connectivity index (χ0v) is 14.7. The second-order valence-corrected chi connectivity index (χ2v) is 6.52. The summed E-state index contributed by atoms with van der Waals surface area (Å²) in [6.45, 7) is 6.03. The first-order valence-corrected chi connectivity index (χ1v) is 9.03. The van der Waals surface area contributed by atoms with Crippen molar-refractivity contribution >= 4 is 5.91 Å². The second kappa shape index (κ2) is 8.21. The largest absolute Gasteiger partial charge is 0.490 e. The number of nitrogens with zero attached hydrogens (tertiary/aromatic N) is 3.